The summed E-state index contributed by atoms with van der Waals surface area (Å²) in [6.07, 6.45) is 3.86. The zero-order chi connectivity index (χ0) is 13.4. The molecule has 1 rings (SSSR count). The SMILES string of the molecule is CCCC(C)NC(=O)CN[C@@H](C)c1ccccn1. The lowest BCUT2D eigenvalue weighted by molar-refractivity contribution is -0.121. The minimum atomic E-state index is 0.0405. The lowest BCUT2D eigenvalue weighted by Crippen LogP contribution is -2.39. The van der Waals surface area contributed by atoms with Gasteiger partial charge >= 0.3 is 0 Å². The summed E-state index contributed by atoms with van der Waals surface area (Å²) in [5.41, 5.74) is 0.951. The van der Waals surface area contributed by atoms with Crippen LogP contribution in [0.4, 0.5) is 0 Å². The van der Waals surface area contributed by atoms with Crippen molar-refractivity contribution in [3.05, 3.63) is 30.1 Å². The van der Waals surface area contributed by atoms with Gasteiger partial charge in [-0.05, 0) is 32.4 Å². The molecule has 1 unspecified atom stereocenters. The molecule has 0 spiro atoms. The average Bonchev–Trinajstić information content (AvgIpc) is 2.37. The number of carbonyl (C=O) groups excluding carboxylic acids is 1. The summed E-state index contributed by atoms with van der Waals surface area (Å²) in [6.45, 7) is 6.48. The smallest absolute Gasteiger partial charge is 0.234 e. The van der Waals surface area contributed by atoms with Crippen molar-refractivity contribution in [3.8, 4) is 0 Å². The monoisotopic (exact) mass is 249 g/mol. The molecule has 2 N–H and O–H groups in total. The van der Waals surface area contributed by atoms with Crippen LogP contribution in [0.25, 0.3) is 0 Å². The summed E-state index contributed by atoms with van der Waals surface area (Å²) >= 11 is 0. The van der Waals surface area contributed by atoms with Gasteiger partial charge in [0.25, 0.3) is 0 Å². The van der Waals surface area contributed by atoms with E-state index in [2.05, 4.69) is 22.5 Å². The highest BCUT2D eigenvalue weighted by molar-refractivity contribution is 5.78. The summed E-state index contributed by atoms with van der Waals surface area (Å²) in [5.74, 6) is 0.0405. The minimum Gasteiger partial charge on any atom is -0.353 e. The largest absolute Gasteiger partial charge is 0.353 e. The average molecular weight is 249 g/mol. The first-order valence-electron chi connectivity index (χ1n) is 6.57. The van der Waals surface area contributed by atoms with E-state index in [1.54, 1.807) is 6.20 Å². The predicted molar refractivity (Wildman–Crippen MR) is 73.2 cm³/mol. The van der Waals surface area contributed by atoms with Crippen LogP contribution in [0.3, 0.4) is 0 Å². The standard InChI is InChI=1S/C14H23N3O/c1-4-7-11(2)17-14(18)10-16-12(3)13-8-5-6-9-15-13/h5-6,8-9,11-12,16H,4,7,10H2,1-3H3,(H,17,18)/t11?,12-/m0/s1. The second kappa shape index (κ2) is 7.82. The third kappa shape index (κ3) is 5.27. The maximum Gasteiger partial charge on any atom is 0.234 e. The Balaban J connectivity index is 2.30. The van der Waals surface area contributed by atoms with Crippen LogP contribution < -0.4 is 10.6 Å². The van der Waals surface area contributed by atoms with Gasteiger partial charge in [-0.2, -0.15) is 0 Å². The molecule has 0 aromatic carbocycles. The van der Waals surface area contributed by atoms with Gasteiger partial charge in [-0.3, -0.25) is 9.78 Å². The molecule has 1 aromatic rings. The second-order valence-electron chi connectivity index (χ2n) is 4.61. The summed E-state index contributed by atoms with van der Waals surface area (Å²) in [5, 5.41) is 6.14. The summed E-state index contributed by atoms with van der Waals surface area (Å²) in [6, 6.07) is 6.11. The van der Waals surface area contributed by atoms with Crippen LogP contribution >= 0.6 is 0 Å². The van der Waals surface area contributed by atoms with Crippen LogP contribution in [0.5, 0.6) is 0 Å². The molecule has 100 valence electrons. The molecule has 0 radical (unpaired) electrons. The van der Waals surface area contributed by atoms with Crippen molar-refractivity contribution in [2.75, 3.05) is 6.54 Å². The van der Waals surface area contributed by atoms with E-state index < -0.39 is 0 Å². The van der Waals surface area contributed by atoms with Crippen LogP contribution in [0.15, 0.2) is 24.4 Å². The van der Waals surface area contributed by atoms with Gasteiger partial charge in [-0.15, -0.1) is 0 Å². The van der Waals surface area contributed by atoms with Crippen LogP contribution in [0, 0.1) is 0 Å². The Morgan fingerprint density at radius 3 is 2.78 bits per heavy atom. The van der Waals surface area contributed by atoms with Crippen molar-refractivity contribution in [1.82, 2.24) is 15.6 Å². The third-order valence-corrected chi connectivity index (χ3v) is 2.83. The molecule has 1 aromatic heterocycles. The van der Waals surface area contributed by atoms with Crippen molar-refractivity contribution in [2.45, 2.75) is 45.7 Å². The van der Waals surface area contributed by atoms with Crippen molar-refractivity contribution in [2.24, 2.45) is 0 Å². The molecule has 0 saturated heterocycles. The molecule has 4 nitrogen and oxygen atoms in total. The zero-order valence-corrected chi connectivity index (χ0v) is 11.4. The van der Waals surface area contributed by atoms with E-state index in [1.165, 1.54) is 0 Å². The quantitative estimate of drug-likeness (QED) is 0.777. The second-order valence-corrected chi connectivity index (χ2v) is 4.61. The number of carbonyl (C=O) groups is 1. The summed E-state index contributed by atoms with van der Waals surface area (Å²) < 4.78 is 0. The fourth-order valence-corrected chi connectivity index (χ4v) is 1.81. The van der Waals surface area contributed by atoms with Crippen molar-refractivity contribution < 1.29 is 4.79 Å². The van der Waals surface area contributed by atoms with Gasteiger partial charge in [0.2, 0.25) is 5.91 Å². The van der Waals surface area contributed by atoms with Gasteiger partial charge < -0.3 is 10.6 Å². The summed E-state index contributed by atoms with van der Waals surface area (Å²) in [4.78, 5) is 15.9. The Bertz CT molecular complexity index is 353. The van der Waals surface area contributed by atoms with E-state index in [0.29, 0.717) is 6.54 Å². The van der Waals surface area contributed by atoms with E-state index in [4.69, 9.17) is 0 Å². The minimum absolute atomic E-state index is 0.0405. The molecule has 0 aliphatic rings. The Morgan fingerprint density at radius 1 is 1.39 bits per heavy atom. The van der Waals surface area contributed by atoms with Crippen molar-refractivity contribution >= 4 is 5.91 Å². The predicted octanol–water partition coefficient (Wildman–Crippen LogP) is 2.04. The first-order valence-corrected chi connectivity index (χ1v) is 6.57. The molecule has 18 heavy (non-hydrogen) atoms. The number of rotatable bonds is 7. The molecule has 0 aliphatic carbocycles. The van der Waals surface area contributed by atoms with Crippen LogP contribution in [0.2, 0.25) is 0 Å². The van der Waals surface area contributed by atoms with Crippen molar-refractivity contribution in [1.29, 1.82) is 0 Å². The van der Waals surface area contributed by atoms with E-state index >= 15 is 0 Å². The number of nitrogens with one attached hydrogen (secondary N) is 2. The highest BCUT2D eigenvalue weighted by atomic mass is 16.1. The molecule has 0 saturated carbocycles. The topological polar surface area (TPSA) is 54.0 Å². The molecule has 4 heteroatoms. The number of hydrogen-bond donors (Lipinski definition) is 2. The van der Waals surface area contributed by atoms with Crippen molar-refractivity contribution in [3.63, 3.8) is 0 Å². The van der Waals surface area contributed by atoms with E-state index in [1.807, 2.05) is 32.0 Å². The Hall–Kier alpha value is -1.42. The van der Waals surface area contributed by atoms with Gasteiger partial charge in [0.1, 0.15) is 0 Å². The molecule has 2 atom stereocenters. The highest BCUT2D eigenvalue weighted by Gasteiger charge is 2.09. The molecular weight excluding hydrogens is 226 g/mol. The molecule has 1 heterocycles. The number of amides is 1. The molecule has 0 fully saturated rings. The van der Waals surface area contributed by atoms with E-state index in [-0.39, 0.29) is 18.0 Å². The van der Waals surface area contributed by atoms with E-state index in [0.717, 1.165) is 18.5 Å². The number of aromatic nitrogens is 1. The van der Waals surface area contributed by atoms with Gasteiger partial charge in [-0.25, -0.2) is 0 Å². The Kier molecular flexibility index (Phi) is 6.36. The Morgan fingerprint density at radius 2 is 2.17 bits per heavy atom. The van der Waals surface area contributed by atoms with Gasteiger partial charge in [0.05, 0.1) is 12.2 Å². The van der Waals surface area contributed by atoms with Gasteiger partial charge in [0.15, 0.2) is 0 Å². The maximum atomic E-state index is 11.7. The molecular formula is C14H23N3O. The lowest BCUT2D eigenvalue weighted by Gasteiger charge is -2.16. The zero-order valence-electron chi connectivity index (χ0n) is 11.4. The Labute approximate surface area is 109 Å². The van der Waals surface area contributed by atoms with Gasteiger partial charge in [0, 0.05) is 18.3 Å². The van der Waals surface area contributed by atoms with Crippen LogP contribution in [-0.4, -0.2) is 23.5 Å². The fraction of sp³-hybridized carbons (Fsp3) is 0.571. The number of pyridine rings is 1. The first kappa shape index (κ1) is 14.6. The first-order chi connectivity index (χ1) is 8.63. The summed E-state index contributed by atoms with van der Waals surface area (Å²) in [7, 11) is 0. The highest BCUT2D eigenvalue weighted by Crippen LogP contribution is 2.06. The lowest BCUT2D eigenvalue weighted by atomic mass is 10.2. The normalized spacial score (nSPS) is 13.9. The molecule has 0 bridgehead atoms. The molecule has 0 aliphatic heterocycles. The number of nitrogens with zero attached hydrogens (tertiary/aromatic N) is 1. The third-order valence-electron chi connectivity index (χ3n) is 2.83. The van der Waals surface area contributed by atoms with E-state index in [9.17, 15) is 4.79 Å². The van der Waals surface area contributed by atoms with Crippen LogP contribution in [0.1, 0.15) is 45.3 Å². The van der Waals surface area contributed by atoms with Crippen LogP contribution in [-0.2, 0) is 4.79 Å². The fourth-order valence-electron chi connectivity index (χ4n) is 1.81. The number of hydrogen-bond acceptors (Lipinski definition) is 3. The van der Waals surface area contributed by atoms with Gasteiger partial charge in [-0.1, -0.05) is 19.4 Å². The molecule has 1 amide bonds. The maximum absolute atomic E-state index is 11.7.